The predicted octanol–water partition coefficient (Wildman–Crippen LogP) is 1.41. The summed E-state index contributed by atoms with van der Waals surface area (Å²) < 4.78 is 5.56. The van der Waals surface area contributed by atoms with E-state index in [1.807, 2.05) is 24.3 Å². The van der Waals surface area contributed by atoms with Gasteiger partial charge in [-0.3, -0.25) is 0 Å². The molecule has 0 spiro atoms. The normalized spacial score (nSPS) is 10.7. The van der Waals surface area contributed by atoms with Crippen LogP contribution in [0.2, 0.25) is 0 Å². The number of nitrogens with zero attached hydrogens (tertiary/aromatic N) is 1. The molecule has 0 amide bonds. The molecule has 89 valence electrons. The minimum Gasteiger partial charge on any atom is -0.494 e. The lowest BCUT2D eigenvalue weighted by molar-refractivity contribution is 0.306. The zero-order valence-corrected chi connectivity index (χ0v) is 10.2. The molecule has 1 N–H and O–H groups in total. The van der Waals surface area contributed by atoms with E-state index in [0.29, 0.717) is 0 Å². The van der Waals surface area contributed by atoms with Gasteiger partial charge in [0.05, 0.1) is 6.61 Å². The van der Waals surface area contributed by atoms with Crippen LogP contribution in [0.4, 0.5) is 0 Å². The number of rotatable bonds is 8. The largest absolute Gasteiger partial charge is 0.494 e. The third-order valence-electron chi connectivity index (χ3n) is 2.19. The average Bonchev–Trinajstić information content (AvgIpc) is 2.29. The van der Waals surface area contributed by atoms with Crippen LogP contribution in [0, 0.1) is 6.07 Å². The van der Waals surface area contributed by atoms with Gasteiger partial charge in [0.1, 0.15) is 5.75 Å². The highest BCUT2D eigenvalue weighted by molar-refractivity contribution is 5.20. The van der Waals surface area contributed by atoms with Crippen molar-refractivity contribution >= 4 is 0 Å². The standard InChI is InChI=1S/C13H21N2O/c1-15(2)11-10-14-9-6-12-16-13-7-4-3-5-8-13/h4-5,7-8,14H,6,9-12H2,1-2H3. The van der Waals surface area contributed by atoms with E-state index in [9.17, 15) is 0 Å². The maximum Gasteiger partial charge on any atom is 0.119 e. The fraction of sp³-hybridized carbons (Fsp3) is 0.538. The summed E-state index contributed by atoms with van der Waals surface area (Å²) in [6.07, 6.45) is 1.03. The molecule has 1 aromatic rings. The van der Waals surface area contributed by atoms with Gasteiger partial charge in [-0.2, -0.15) is 0 Å². The van der Waals surface area contributed by atoms with Gasteiger partial charge in [0.25, 0.3) is 0 Å². The second kappa shape index (κ2) is 8.13. The molecule has 0 aliphatic carbocycles. The van der Waals surface area contributed by atoms with E-state index in [0.717, 1.165) is 38.4 Å². The van der Waals surface area contributed by atoms with Crippen LogP contribution >= 0.6 is 0 Å². The van der Waals surface area contributed by atoms with Crippen LogP contribution in [0.15, 0.2) is 24.3 Å². The minimum atomic E-state index is 0.763. The van der Waals surface area contributed by atoms with Crippen molar-refractivity contribution in [2.45, 2.75) is 6.42 Å². The summed E-state index contributed by atoms with van der Waals surface area (Å²) in [5.41, 5.74) is 0. The number of nitrogens with one attached hydrogen (secondary N) is 1. The number of ether oxygens (including phenoxy) is 1. The highest BCUT2D eigenvalue weighted by atomic mass is 16.5. The Bertz CT molecular complexity index is 262. The third kappa shape index (κ3) is 6.43. The minimum absolute atomic E-state index is 0.763. The van der Waals surface area contributed by atoms with Crippen molar-refractivity contribution < 1.29 is 4.74 Å². The lowest BCUT2D eigenvalue weighted by Crippen LogP contribution is -2.27. The molecule has 3 heteroatoms. The van der Waals surface area contributed by atoms with Crippen molar-refractivity contribution in [2.24, 2.45) is 0 Å². The number of hydrogen-bond acceptors (Lipinski definition) is 3. The summed E-state index contributed by atoms with van der Waals surface area (Å²) in [7, 11) is 4.16. The summed E-state index contributed by atoms with van der Waals surface area (Å²) in [4.78, 5) is 2.17. The molecule has 0 aliphatic heterocycles. The van der Waals surface area contributed by atoms with Gasteiger partial charge in [-0.05, 0) is 45.3 Å². The Balaban J connectivity index is 1.93. The summed E-state index contributed by atoms with van der Waals surface area (Å²) in [5.74, 6) is 0.923. The molecule has 0 saturated heterocycles. The van der Waals surface area contributed by atoms with Crippen LogP contribution in [0.5, 0.6) is 5.75 Å². The van der Waals surface area contributed by atoms with Gasteiger partial charge in [0.15, 0.2) is 0 Å². The molecule has 0 atom stereocenters. The van der Waals surface area contributed by atoms with Crippen molar-refractivity contribution in [3.8, 4) is 5.75 Å². The third-order valence-corrected chi connectivity index (χ3v) is 2.19. The van der Waals surface area contributed by atoms with Gasteiger partial charge in [0, 0.05) is 13.1 Å². The molecular formula is C13H21N2O. The van der Waals surface area contributed by atoms with E-state index in [2.05, 4.69) is 30.4 Å². The van der Waals surface area contributed by atoms with Crippen LogP contribution < -0.4 is 10.1 Å². The first-order chi connectivity index (χ1) is 7.79. The van der Waals surface area contributed by atoms with E-state index in [1.165, 1.54) is 0 Å². The lowest BCUT2D eigenvalue weighted by atomic mass is 10.3. The number of likely N-dealkylation sites (N-methyl/N-ethyl adjacent to an activating group) is 1. The Labute approximate surface area is 98.4 Å². The first-order valence-corrected chi connectivity index (χ1v) is 5.73. The maximum atomic E-state index is 5.56. The summed E-state index contributed by atoms with van der Waals surface area (Å²) >= 11 is 0. The van der Waals surface area contributed by atoms with E-state index in [-0.39, 0.29) is 0 Å². The highest BCUT2D eigenvalue weighted by Crippen LogP contribution is 2.07. The van der Waals surface area contributed by atoms with Gasteiger partial charge >= 0.3 is 0 Å². The molecule has 16 heavy (non-hydrogen) atoms. The molecule has 0 aromatic heterocycles. The topological polar surface area (TPSA) is 24.5 Å². The Morgan fingerprint density at radius 1 is 1.25 bits per heavy atom. The SMILES string of the molecule is CN(C)CCNCCCOc1cc[c]cc1. The lowest BCUT2D eigenvalue weighted by Gasteiger charge is -2.10. The second-order valence-corrected chi connectivity index (χ2v) is 3.99. The van der Waals surface area contributed by atoms with Crippen LogP contribution in [0.1, 0.15) is 6.42 Å². The molecule has 1 radical (unpaired) electrons. The Morgan fingerprint density at radius 2 is 2.00 bits per heavy atom. The molecule has 0 aliphatic rings. The fourth-order valence-electron chi connectivity index (χ4n) is 1.28. The van der Waals surface area contributed by atoms with Gasteiger partial charge in [-0.25, -0.2) is 0 Å². The summed E-state index contributed by atoms with van der Waals surface area (Å²) in [5, 5.41) is 3.38. The van der Waals surface area contributed by atoms with Crippen molar-refractivity contribution in [3.63, 3.8) is 0 Å². The van der Waals surface area contributed by atoms with Crippen LogP contribution in [-0.4, -0.2) is 45.2 Å². The zero-order chi connectivity index (χ0) is 11.6. The van der Waals surface area contributed by atoms with Crippen molar-refractivity contribution in [3.05, 3.63) is 30.3 Å². The highest BCUT2D eigenvalue weighted by Gasteiger charge is 1.92. The van der Waals surface area contributed by atoms with Crippen molar-refractivity contribution in [1.29, 1.82) is 0 Å². The molecule has 3 nitrogen and oxygen atoms in total. The molecule has 0 unspecified atom stereocenters. The van der Waals surface area contributed by atoms with E-state index < -0.39 is 0 Å². The predicted molar refractivity (Wildman–Crippen MR) is 66.8 cm³/mol. The van der Waals surface area contributed by atoms with Gasteiger partial charge in [-0.1, -0.05) is 12.1 Å². The first-order valence-electron chi connectivity index (χ1n) is 5.73. The first kappa shape index (κ1) is 13.0. The number of benzene rings is 1. The molecule has 0 saturated carbocycles. The molecular weight excluding hydrogens is 200 g/mol. The molecule has 0 heterocycles. The molecule has 0 bridgehead atoms. The van der Waals surface area contributed by atoms with Crippen LogP contribution in [-0.2, 0) is 0 Å². The Hall–Kier alpha value is -1.06. The van der Waals surface area contributed by atoms with Gasteiger partial charge in [0.2, 0.25) is 0 Å². The summed E-state index contributed by atoms with van der Waals surface area (Å²) in [6, 6.07) is 10.6. The van der Waals surface area contributed by atoms with Gasteiger partial charge in [-0.15, -0.1) is 0 Å². The molecule has 1 rings (SSSR count). The van der Waals surface area contributed by atoms with E-state index in [4.69, 9.17) is 4.74 Å². The quantitative estimate of drug-likeness (QED) is 0.672. The monoisotopic (exact) mass is 221 g/mol. The Kier molecular flexibility index (Phi) is 6.61. The van der Waals surface area contributed by atoms with Crippen LogP contribution in [0.3, 0.4) is 0 Å². The van der Waals surface area contributed by atoms with Crippen molar-refractivity contribution in [2.75, 3.05) is 40.3 Å². The number of hydrogen-bond donors (Lipinski definition) is 1. The fourth-order valence-corrected chi connectivity index (χ4v) is 1.28. The summed E-state index contributed by atoms with van der Waals surface area (Å²) in [6.45, 7) is 3.88. The molecule has 1 aromatic carbocycles. The molecule has 0 fully saturated rings. The zero-order valence-electron chi connectivity index (χ0n) is 10.2. The maximum absolute atomic E-state index is 5.56. The van der Waals surface area contributed by atoms with Crippen LogP contribution in [0.25, 0.3) is 0 Å². The van der Waals surface area contributed by atoms with Gasteiger partial charge < -0.3 is 15.0 Å². The smallest absolute Gasteiger partial charge is 0.119 e. The van der Waals surface area contributed by atoms with E-state index >= 15 is 0 Å². The van der Waals surface area contributed by atoms with E-state index in [1.54, 1.807) is 0 Å². The van der Waals surface area contributed by atoms with Crippen molar-refractivity contribution in [1.82, 2.24) is 10.2 Å². The second-order valence-electron chi connectivity index (χ2n) is 3.99. The Morgan fingerprint density at radius 3 is 2.69 bits per heavy atom. The average molecular weight is 221 g/mol.